The average Bonchev–Trinajstić information content (AvgIpc) is 2.92. The summed E-state index contributed by atoms with van der Waals surface area (Å²) in [6.45, 7) is 4.93. The van der Waals surface area contributed by atoms with Crippen molar-refractivity contribution in [2.45, 2.75) is 19.9 Å². The molecule has 2 aromatic rings. The minimum absolute atomic E-state index is 0.332. The van der Waals surface area contributed by atoms with E-state index in [1.165, 1.54) is 40.5 Å². The monoisotopic (exact) mass is 348 g/mol. The molecule has 1 aromatic heterocycles. The Kier molecular flexibility index (Phi) is 4.64. The van der Waals surface area contributed by atoms with Crippen LogP contribution in [-0.4, -0.2) is 24.9 Å². The summed E-state index contributed by atoms with van der Waals surface area (Å²) in [6.07, 6.45) is 0.777. The molecule has 0 radical (unpaired) electrons. The number of hydrogen-bond donors (Lipinski definition) is 3. The summed E-state index contributed by atoms with van der Waals surface area (Å²) in [5, 5.41) is 3.25. The quantitative estimate of drug-likeness (QED) is 0.776. The highest BCUT2D eigenvalue weighted by Crippen LogP contribution is 2.34. The number of benzene rings is 1. The molecule has 3 rings (SSSR count). The lowest BCUT2D eigenvalue weighted by Crippen LogP contribution is -3.11. The Bertz CT molecular complexity index is 786. The van der Waals surface area contributed by atoms with Crippen LogP contribution in [0, 0.1) is 5.82 Å². The number of nitrogens with one attached hydrogen (secondary N) is 2. The Labute approximate surface area is 143 Å². The number of halogens is 1. The van der Waals surface area contributed by atoms with Crippen molar-refractivity contribution in [1.29, 1.82) is 0 Å². The minimum atomic E-state index is -0.526. The van der Waals surface area contributed by atoms with E-state index in [9.17, 15) is 14.0 Å². The van der Waals surface area contributed by atoms with Crippen LogP contribution in [0.4, 0.5) is 9.39 Å². The Morgan fingerprint density at radius 3 is 2.67 bits per heavy atom. The molecule has 1 aliphatic rings. The SMILES string of the molecule is CC[NH+]1CCc2c(sc(NC(=O)c3ccc(F)cc3)c2C(N)=O)C1. The molecule has 0 fully saturated rings. The van der Waals surface area contributed by atoms with E-state index in [1.807, 2.05) is 0 Å². The van der Waals surface area contributed by atoms with E-state index in [-0.39, 0.29) is 5.91 Å². The van der Waals surface area contributed by atoms with Gasteiger partial charge in [-0.3, -0.25) is 9.59 Å². The number of amides is 2. The van der Waals surface area contributed by atoms with E-state index in [0.29, 0.717) is 16.1 Å². The second kappa shape index (κ2) is 6.70. The molecule has 2 heterocycles. The topological polar surface area (TPSA) is 76.6 Å². The van der Waals surface area contributed by atoms with Gasteiger partial charge in [-0.05, 0) is 36.8 Å². The fraction of sp³-hybridized carbons (Fsp3) is 0.294. The van der Waals surface area contributed by atoms with E-state index in [2.05, 4.69) is 12.2 Å². The molecule has 0 saturated heterocycles. The van der Waals surface area contributed by atoms with Crippen LogP contribution in [0.2, 0.25) is 0 Å². The normalized spacial score (nSPS) is 16.5. The van der Waals surface area contributed by atoms with Crippen molar-refractivity contribution < 1.29 is 18.9 Å². The van der Waals surface area contributed by atoms with Gasteiger partial charge in [-0.2, -0.15) is 0 Å². The van der Waals surface area contributed by atoms with Crippen LogP contribution in [0.3, 0.4) is 0 Å². The molecule has 7 heteroatoms. The van der Waals surface area contributed by atoms with E-state index in [4.69, 9.17) is 5.73 Å². The first-order valence-electron chi connectivity index (χ1n) is 7.84. The summed E-state index contributed by atoms with van der Waals surface area (Å²) in [5.41, 5.74) is 7.25. The van der Waals surface area contributed by atoms with Crippen LogP contribution in [0.25, 0.3) is 0 Å². The van der Waals surface area contributed by atoms with Gasteiger partial charge in [-0.25, -0.2) is 4.39 Å². The minimum Gasteiger partial charge on any atom is -0.365 e. The van der Waals surface area contributed by atoms with E-state index >= 15 is 0 Å². The van der Waals surface area contributed by atoms with Gasteiger partial charge in [0.2, 0.25) is 0 Å². The molecule has 1 aromatic carbocycles. The molecule has 0 saturated carbocycles. The predicted molar refractivity (Wildman–Crippen MR) is 91.0 cm³/mol. The number of rotatable bonds is 4. The molecular weight excluding hydrogens is 329 g/mol. The van der Waals surface area contributed by atoms with Crippen LogP contribution in [-0.2, 0) is 13.0 Å². The third-order valence-corrected chi connectivity index (χ3v) is 5.46. The summed E-state index contributed by atoms with van der Waals surface area (Å²) in [6, 6.07) is 5.27. The van der Waals surface area contributed by atoms with Gasteiger partial charge in [0, 0.05) is 12.0 Å². The Balaban J connectivity index is 1.90. The number of nitrogens with two attached hydrogens (primary N) is 1. The molecule has 1 unspecified atom stereocenters. The van der Waals surface area contributed by atoms with Crippen LogP contribution in [0.1, 0.15) is 38.1 Å². The lowest BCUT2D eigenvalue weighted by molar-refractivity contribution is -0.913. The molecule has 126 valence electrons. The molecule has 0 spiro atoms. The number of fused-ring (bicyclic) bond motifs is 1. The van der Waals surface area contributed by atoms with Crippen molar-refractivity contribution in [3.8, 4) is 0 Å². The Morgan fingerprint density at radius 1 is 1.33 bits per heavy atom. The number of hydrogen-bond acceptors (Lipinski definition) is 3. The second-order valence-corrected chi connectivity index (χ2v) is 6.92. The molecule has 1 atom stereocenters. The van der Waals surface area contributed by atoms with Crippen LogP contribution in [0.15, 0.2) is 24.3 Å². The highest BCUT2D eigenvalue weighted by atomic mass is 32.1. The second-order valence-electron chi connectivity index (χ2n) is 5.81. The third-order valence-electron chi connectivity index (χ3n) is 4.31. The number of anilines is 1. The lowest BCUT2D eigenvalue weighted by atomic mass is 10.0. The zero-order chi connectivity index (χ0) is 17.3. The first-order valence-corrected chi connectivity index (χ1v) is 8.66. The van der Waals surface area contributed by atoms with Gasteiger partial charge in [0.05, 0.1) is 23.5 Å². The van der Waals surface area contributed by atoms with Gasteiger partial charge in [0.15, 0.2) is 0 Å². The van der Waals surface area contributed by atoms with Gasteiger partial charge in [0.1, 0.15) is 17.4 Å². The van der Waals surface area contributed by atoms with Crippen LogP contribution >= 0.6 is 11.3 Å². The van der Waals surface area contributed by atoms with Crippen molar-refractivity contribution in [1.82, 2.24) is 0 Å². The van der Waals surface area contributed by atoms with Crippen LogP contribution in [0.5, 0.6) is 0 Å². The summed E-state index contributed by atoms with van der Waals surface area (Å²) < 4.78 is 13.0. The first kappa shape index (κ1) is 16.6. The molecule has 1 aliphatic heterocycles. The largest absolute Gasteiger partial charge is 0.365 e. The smallest absolute Gasteiger partial charge is 0.256 e. The number of quaternary nitrogens is 1. The Morgan fingerprint density at radius 2 is 2.04 bits per heavy atom. The molecule has 2 amide bonds. The van der Waals surface area contributed by atoms with E-state index in [0.717, 1.165) is 36.5 Å². The summed E-state index contributed by atoms with van der Waals surface area (Å²) in [5.74, 6) is -1.31. The van der Waals surface area contributed by atoms with Gasteiger partial charge >= 0.3 is 0 Å². The van der Waals surface area contributed by atoms with Crippen LogP contribution < -0.4 is 16.0 Å². The molecule has 0 aliphatic carbocycles. The fourth-order valence-electron chi connectivity index (χ4n) is 2.96. The summed E-state index contributed by atoms with van der Waals surface area (Å²) in [7, 11) is 0. The van der Waals surface area contributed by atoms with Crippen molar-refractivity contribution in [2.75, 3.05) is 18.4 Å². The molecule has 0 bridgehead atoms. The maximum atomic E-state index is 13.0. The highest BCUT2D eigenvalue weighted by Gasteiger charge is 2.29. The molecular formula is C17H19FN3O2S+. The van der Waals surface area contributed by atoms with Crippen molar-refractivity contribution in [2.24, 2.45) is 5.73 Å². The van der Waals surface area contributed by atoms with E-state index < -0.39 is 11.7 Å². The standard InChI is InChI=1S/C17H18FN3O2S/c1-2-21-8-7-12-13(9-21)24-17(14(12)15(19)22)20-16(23)10-3-5-11(18)6-4-10/h3-6H,2,7-9H2,1H3,(H2,19,22)(H,20,23)/p+1. The average molecular weight is 348 g/mol. The number of thiophene rings is 1. The zero-order valence-corrected chi connectivity index (χ0v) is 14.1. The van der Waals surface area contributed by atoms with Gasteiger partial charge in [0.25, 0.3) is 11.8 Å². The number of primary amides is 1. The third kappa shape index (κ3) is 3.18. The summed E-state index contributed by atoms with van der Waals surface area (Å²) >= 11 is 1.41. The molecule has 4 N–H and O–H groups in total. The van der Waals surface area contributed by atoms with Crippen molar-refractivity contribution in [3.63, 3.8) is 0 Å². The van der Waals surface area contributed by atoms with Gasteiger partial charge < -0.3 is 16.0 Å². The van der Waals surface area contributed by atoms with Gasteiger partial charge in [-0.1, -0.05) is 0 Å². The van der Waals surface area contributed by atoms with Gasteiger partial charge in [-0.15, -0.1) is 11.3 Å². The van der Waals surface area contributed by atoms with Crippen molar-refractivity contribution >= 4 is 28.2 Å². The summed E-state index contributed by atoms with van der Waals surface area (Å²) in [4.78, 5) is 26.8. The number of carbonyl (C=O) groups is 2. The predicted octanol–water partition coefficient (Wildman–Crippen LogP) is 1.20. The molecule has 5 nitrogen and oxygen atoms in total. The fourth-order valence-corrected chi connectivity index (χ4v) is 4.28. The maximum Gasteiger partial charge on any atom is 0.256 e. The van der Waals surface area contributed by atoms with E-state index in [1.54, 1.807) is 0 Å². The first-order chi connectivity index (χ1) is 11.5. The number of likely N-dealkylation sites (N-methyl/N-ethyl adjacent to an activating group) is 1. The molecule has 24 heavy (non-hydrogen) atoms. The Hall–Kier alpha value is -2.25. The zero-order valence-electron chi connectivity index (χ0n) is 13.3. The highest BCUT2D eigenvalue weighted by molar-refractivity contribution is 7.17. The lowest BCUT2D eigenvalue weighted by Gasteiger charge is -2.22. The number of carbonyl (C=O) groups excluding carboxylic acids is 2. The van der Waals surface area contributed by atoms with Crippen molar-refractivity contribution in [3.05, 3.63) is 51.7 Å². The maximum absolute atomic E-state index is 13.0.